The molecule has 0 saturated carbocycles. The third-order valence-corrected chi connectivity index (χ3v) is 7.84. The van der Waals surface area contributed by atoms with Gasteiger partial charge in [-0.3, -0.25) is 24.2 Å². The summed E-state index contributed by atoms with van der Waals surface area (Å²) in [5.74, 6) is -2.76. The maximum absolute atomic E-state index is 13.3. The minimum Gasteiger partial charge on any atom is -0.354 e. The smallest absolute Gasteiger partial charge is 0.256 e. The van der Waals surface area contributed by atoms with Crippen molar-refractivity contribution in [2.45, 2.75) is 29.8 Å². The van der Waals surface area contributed by atoms with E-state index in [0.717, 1.165) is 0 Å². The summed E-state index contributed by atoms with van der Waals surface area (Å²) in [4.78, 5) is 58.2. The highest BCUT2D eigenvalue weighted by atomic mass is 32.2. The van der Waals surface area contributed by atoms with Gasteiger partial charge < -0.3 is 20.4 Å². The maximum atomic E-state index is 13.3. The van der Waals surface area contributed by atoms with Gasteiger partial charge in [-0.25, -0.2) is 8.42 Å². The van der Waals surface area contributed by atoms with Crippen molar-refractivity contribution in [1.29, 1.82) is 0 Å². The lowest BCUT2D eigenvalue weighted by molar-refractivity contribution is -0.137. The molecule has 3 heterocycles. The van der Waals surface area contributed by atoms with Crippen molar-refractivity contribution in [3.8, 4) is 0 Å². The molecule has 0 spiro atoms. The van der Waals surface area contributed by atoms with Crippen LogP contribution in [0.25, 0.3) is 0 Å². The molecule has 0 aliphatic carbocycles. The van der Waals surface area contributed by atoms with Gasteiger partial charge in [0.2, 0.25) is 17.7 Å². The Bertz CT molecular complexity index is 1240. The maximum Gasteiger partial charge on any atom is 0.256 e. The molecule has 2 saturated heterocycles. The minimum atomic E-state index is -3.88. The highest BCUT2D eigenvalue weighted by molar-refractivity contribution is 7.92. The van der Waals surface area contributed by atoms with Crippen molar-refractivity contribution in [3.05, 3.63) is 60.4 Å². The van der Waals surface area contributed by atoms with Crippen LogP contribution >= 0.6 is 0 Å². The first-order valence-electron chi connectivity index (χ1n) is 11.6. The Hall–Kier alpha value is -3.80. The number of hydrogen-bond acceptors (Lipinski definition) is 7. The van der Waals surface area contributed by atoms with Crippen molar-refractivity contribution in [1.82, 2.24) is 25.4 Å². The average molecular weight is 514 g/mol. The molecule has 0 unspecified atom stereocenters. The van der Waals surface area contributed by atoms with Crippen LogP contribution in [0.5, 0.6) is 0 Å². The van der Waals surface area contributed by atoms with Crippen molar-refractivity contribution >= 4 is 33.5 Å². The Morgan fingerprint density at radius 1 is 1.08 bits per heavy atom. The predicted molar refractivity (Wildman–Crippen MR) is 128 cm³/mol. The van der Waals surface area contributed by atoms with Crippen LogP contribution in [0.1, 0.15) is 23.2 Å². The number of amides is 4. The van der Waals surface area contributed by atoms with Gasteiger partial charge in [-0.1, -0.05) is 18.2 Å². The van der Waals surface area contributed by atoms with Crippen molar-refractivity contribution < 1.29 is 27.6 Å². The normalized spacial score (nSPS) is 20.4. The fraction of sp³-hybridized carbons (Fsp3) is 0.375. The van der Waals surface area contributed by atoms with E-state index >= 15 is 0 Å². The number of sulfone groups is 1. The second-order valence-electron chi connectivity index (χ2n) is 8.66. The van der Waals surface area contributed by atoms with Gasteiger partial charge in [-0.2, -0.15) is 0 Å². The van der Waals surface area contributed by atoms with Gasteiger partial charge in [0, 0.05) is 32.0 Å². The van der Waals surface area contributed by atoms with Gasteiger partial charge in [0.05, 0.1) is 17.0 Å². The number of aromatic nitrogens is 1. The number of piperidine rings is 1. The van der Waals surface area contributed by atoms with Gasteiger partial charge in [0.25, 0.3) is 5.91 Å². The molecule has 2 aliphatic heterocycles. The summed E-state index contributed by atoms with van der Waals surface area (Å²) in [7, 11) is -3.88. The van der Waals surface area contributed by atoms with Gasteiger partial charge in [-0.05, 0) is 37.1 Å². The summed E-state index contributed by atoms with van der Waals surface area (Å²) in [5.41, 5.74) is 0.275. The summed E-state index contributed by atoms with van der Waals surface area (Å²) in [6.45, 7) is 0.399. The highest BCUT2D eigenvalue weighted by Gasteiger charge is 2.39. The zero-order chi connectivity index (χ0) is 25.7. The van der Waals surface area contributed by atoms with E-state index in [1.54, 1.807) is 30.3 Å². The van der Waals surface area contributed by atoms with Crippen LogP contribution in [0.15, 0.2) is 59.8 Å². The van der Waals surface area contributed by atoms with Crippen molar-refractivity contribution in [2.24, 2.45) is 0 Å². The van der Waals surface area contributed by atoms with Crippen molar-refractivity contribution in [3.63, 3.8) is 0 Å². The van der Waals surface area contributed by atoms with Crippen LogP contribution in [0, 0.1) is 0 Å². The van der Waals surface area contributed by atoms with Crippen LogP contribution in [0.2, 0.25) is 0 Å². The summed E-state index contributed by atoms with van der Waals surface area (Å²) in [6.07, 6.45) is 4.06. The molecule has 1 aromatic heterocycles. The molecule has 0 bridgehead atoms. The van der Waals surface area contributed by atoms with Gasteiger partial charge >= 0.3 is 0 Å². The fourth-order valence-electron chi connectivity index (χ4n) is 4.27. The third-order valence-electron chi connectivity index (χ3n) is 6.22. The Kier molecular flexibility index (Phi) is 7.63. The van der Waals surface area contributed by atoms with E-state index in [1.807, 2.05) is 0 Å². The quantitative estimate of drug-likeness (QED) is 0.535. The molecule has 11 nitrogen and oxygen atoms in total. The number of hydrogen-bond donors (Lipinski definition) is 2. The molecule has 4 rings (SSSR count). The molecule has 0 radical (unpaired) electrons. The lowest BCUT2D eigenvalue weighted by Gasteiger charge is -2.41. The van der Waals surface area contributed by atoms with Crippen LogP contribution < -0.4 is 10.6 Å². The molecule has 2 atom stereocenters. The predicted octanol–water partition coefficient (Wildman–Crippen LogP) is -0.397. The molecule has 2 N–H and O–H groups in total. The molecule has 2 aromatic rings. The van der Waals surface area contributed by atoms with Crippen LogP contribution in [-0.2, 0) is 24.2 Å². The zero-order valence-electron chi connectivity index (χ0n) is 19.5. The number of nitrogens with zero attached hydrogens (tertiary/aromatic N) is 3. The van der Waals surface area contributed by atoms with E-state index < -0.39 is 45.4 Å². The third kappa shape index (κ3) is 5.70. The lowest BCUT2D eigenvalue weighted by Crippen LogP contribution is -2.64. The van der Waals surface area contributed by atoms with E-state index in [4.69, 9.17) is 0 Å². The average Bonchev–Trinajstić information content (AvgIpc) is 2.90. The Balaban J connectivity index is 1.53. The second kappa shape index (κ2) is 10.9. The zero-order valence-corrected chi connectivity index (χ0v) is 20.3. The Morgan fingerprint density at radius 2 is 1.86 bits per heavy atom. The summed E-state index contributed by atoms with van der Waals surface area (Å²) in [6, 6.07) is 8.97. The van der Waals surface area contributed by atoms with Crippen molar-refractivity contribution in [2.75, 3.05) is 31.9 Å². The van der Waals surface area contributed by atoms with E-state index in [2.05, 4.69) is 15.6 Å². The van der Waals surface area contributed by atoms with Gasteiger partial charge in [0.15, 0.2) is 9.84 Å². The number of piperazine rings is 1. The standard InChI is InChI=1S/C24H27N5O6S/c30-21(16-36(34,35)18-7-2-1-3-8-18)28-12-13-29(24(33)17-6-4-10-25-14-17)20(15-28)23(32)27-19-9-5-11-26-22(19)31/h1-4,6-8,10,14,19-20H,5,9,11-13,15-16H2,(H,26,31)(H,27,32)/t19-,20+/m0/s1. The monoisotopic (exact) mass is 513 g/mol. The van der Waals surface area contributed by atoms with E-state index in [9.17, 15) is 27.6 Å². The molecule has 190 valence electrons. The molecule has 1 aromatic carbocycles. The largest absolute Gasteiger partial charge is 0.354 e. The second-order valence-corrected chi connectivity index (χ2v) is 10.7. The fourth-order valence-corrected chi connectivity index (χ4v) is 5.52. The molecular weight excluding hydrogens is 486 g/mol. The van der Waals surface area contributed by atoms with Gasteiger partial charge in [-0.15, -0.1) is 0 Å². The molecule has 36 heavy (non-hydrogen) atoms. The molecule has 2 aliphatic rings. The minimum absolute atomic E-state index is 0.0137. The Morgan fingerprint density at radius 3 is 2.56 bits per heavy atom. The van der Waals surface area contributed by atoms with E-state index in [0.29, 0.717) is 19.4 Å². The molecule has 4 amide bonds. The number of carbonyl (C=O) groups is 4. The van der Waals surface area contributed by atoms with E-state index in [-0.39, 0.29) is 36.0 Å². The van der Waals surface area contributed by atoms with Crippen LogP contribution in [0.4, 0.5) is 0 Å². The molecule has 2 fully saturated rings. The number of benzene rings is 1. The number of nitrogens with one attached hydrogen (secondary N) is 2. The van der Waals surface area contributed by atoms with Crippen LogP contribution in [-0.4, -0.2) is 90.8 Å². The molecular formula is C24H27N5O6S. The number of rotatable bonds is 6. The van der Waals surface area contributed by atoms with E-state index in [1.165, 1.54) is 34.3 Å². The van der Waals surface area contributed by atoms with Gasteiger partial charge in [0.1, 0.15) is 17.8 Å². The summed E-state index contributed by atoms with van der Waals surface area (Å²) >= 11 is 0. The first kappa shape index (κ1) is 25.3. The lowest BCUT2D eigenvalue weighted by atomic mass is 10.0. The Labute approximate surface area is 208 Å². The highest BCUT2D eigenvalue weighted by Crippen LogP contribution is 2.18. The SMILES string of the molecule is O=C1NCCC[C@@H]1NC(=O)[C@H]1CN(C(=O)CS(=O)(=O)c2ccccc2)CCN1C(=O)c1cccnc1. The summed E-state index contributed by atoms with van der Waals surface area (Å²) < 4.78 is 25.4. The summed E-state index contributed by atoms with van der Waals surface area (Å²) in [5, 5.41) is 5.39. The number of pyridine rings is 1. The first-order chi connectivity index (χ1) is 17.3. The topological polar surface area (TPSA) is 146 Å². The first-order valence-corrected chi connectivity index (χ1v) is 13.3. The number of carbonyl (C=O) groups excluding carboxylic acids is 4. The van der Waals surface area contributed by atoms with Crippen LogP contribution in [0.3, 0.4) is 0 Å². The molecule has 12 heteroatoms.